The molecule has 5 heteroatoms. The molecular weight excluding hydrogens is 222 g/mol. The molecule has 0 unspecified atom stereocenters. The highest BCUT2D eigenvalue weighted by Crippen LogP contribution is 2.15. The highest BCUT2D eigenvalue weighted by Gasteiger charge is 2.20. The molecule has 1 amide bonds. The Labute approximate surface area is 100 Å². The summed E-state index contributed by atoms with van der Waals surface area (Å²) in [5, 5.41) is 0. The summed E-state index contributed by atoms with van der Waals surface area (Å²) in [7, 11) is 1.80. The van der Waals surface area contributed by atoms with Gasteiger partial charge in [-0.2, -0.15) is 0 Å². The van der Waals surface area contributed by atoms with E-state index < -0.39 is 5.54 Å². The van der Waals surface area contributed by atoms with Gasteiger partial charge in [-0.1, -0.05) is 0 Å². The van der Waals surface area contributed by atoms with Crippen molar-refractivity contribution in [3.8, 4) is 0 Å². The van der Waals surface area contributed by atoms with Gasteiger partial charge >= 0.3 is 0 Å². The highest BCUT2D eigenvalue weighted by molar-refractivity contribution is 7.09. The maximum atomic E-state index is 11.8. The number of nitrogens with zero attached hydrogens (tertiary/aromatic N) is 2. The Morgan fingerprint density at radius 1 is 1.62 bits per heavy atom. The molecule has 0 aromatic carbocycles. The largest absolute Gasteiger partial charge is 0.340 e. The van der Waals surface area contributed by atoms with Crippen LogP contribution in [-0.2, 0) is 11.3 Å². The average Bonchev–Trinajstić information content (AvgIpc) is 2.49. The van der Waals surface area contributed by atoms with Gasteiger partial charge in [0.1, 0.15) is 0 Å². The molecule has 1 aromatic heterocycles. The van der Waals surface area contributed by atoms with E-state index in [1.807, 2.05) is 20.8 Å². The average molecular weight is 241 g/mol. The molecule has 1 aromatic rings. The van der Waals surface area contributed by atoms with E-state index in [-0.39, 0.29) is 5.91 Å². The van der Waals surface area contributed by atoms with E-state index in [0.29, 0.717) is 13.0 Å². The number of carbonyl (C=O) groups is 1. The molecule has 0 fully saturated rings. The smallest absolute Gasteiger partial charge is 0.224 e. The molecule has 0 aliphatic carbocycles. The number of carbonyl (C=O) groups excluding carboxylic acids is 1. The van der Waals surface area contributed by atoms with Crippen LogP contribution in [0.2, 0.25) is 0 Å². The molecule has 90 valence electrons. The van der Waals surface area contributed by atoms with Crippen LogP contribution in [0, 0.1) is 6.92 Å². The van der Waals surface area contributed by atoms with E-state index in [1.165, 1.54) is 0 Å². The lowest BCUT2D eigenvalue weighted by Gasteiger charge is -2.23. The summed E-state index contributed by atoms with van der Waals surface area (Å²) < 4.78 is 0. The van der Waals surface area contributed by atoms with Gasteiger partial charge in [-0.15, -0.1) is 11.3 Å². The topological polar surface area (TPSA) is 59.2 Å². The summed E-state index contributed by atoms with van der Waals surface area (Å²) >= 11 is 1.58. The first-order chi connectivity index (χ1) is 7.29. The number of hydrogen-bond donors (Lipinski definition) is 1. The second-order valence-electron chi connectivity index (χ2n) is 4.78. The third-order valence-corrected chi connectivity index (χ3v) is 3.18. The summed E-state index contributed by atoms with van der Waals surface area (Å²) in [6.07, 6.45) is 0.362. The van der Waals surface area contributed by atoms with Crippen LogP contribution in [0.1, 0.15) is 30.8 Å². The second kappa shape index (κ2) is 4.93. The summed E-state index contributed by atoms with van der Waals surface area (Å²) in [6, 6.07) is 0. The Morgan fingerprint density at radius 3 is 2.69 bits per heavy atom. The van der Waals surface area contributed by atoms with Gasteiger partial charge in [0.15, 0.2) is 0 Å². The number of thiazole rings is 1. The van der Waals surface area contributed by atoms with Gasteiger partial charge in [-0.25, -0.2) is 4.98 Å². The number of rotatable bonds is 4. The SMILES string of the molecule is Cc1ncsc1CN(C)C(=O)CC(C)(C)N. The zero-order valence-corrected chi connectivity index (χ0v) is 11.1. The fraction of sp³-hybridized carbons (Fsp3) is 0.636. The second-order valence-corrected chi connectivity index (χ2v) is 5.72. The van der Waals surface area contributed by atoms with E-state index in [4.69, 9.17) is 5.73 Å². The van der Waals surface area contributed by atoms with Crippen molar-refractivity contribution in [3.05, 3.63) is 16.1 Å². The summed E-state index contributed by atoms with van der Waals surface area (Å²) in [5.41, 5.74) is 8.17. The molecule has 0 saturated heterocycles. The lowest BCUT2D eigenvalue weighted by atomic mass is 10.0. The molecule has 0 atom stereocenters. The van der Waals surface area contributed by atoms with Crippen molar-refractivity contribution in [2.75, 3.05) is 7.05 Å². The van der Waals surface area contributed by atoms with Crippen molar-refractivity contribution in [3.63, 3.8) is 0 Å². The van der Waals surface area contributed by atoms with Crippen LogP contribution in [-0.4, -0.2) is 28.4 Å². The predicted molar refractivity (Wildman–Crippen MR) is 66.2 cm³/mol. The van der Waals surface area contributed by atoms with Gasteiger partial charge in [0, 0.05) is 23.9 Å². The molecule has 0 bridgehead atoms. The first kappa shape index (κ1) is 13.1. The van der Waals surface area contributed by atoms with Crippen molar-refractivity contribution in [2.45, 2.75) is 39.3 Å². The van der Waals surface area contributed by atoms with E-state index in [9.17, 15) is 4.79 Å². The zero-order valence-electron chi connectivity index (χ0n) is 10.3. The third kappa shape index (κ3) is 3.90. The molecular formula is C11H19N3OS. The Kier molecular flexibility index (Phi) is 4.04. The molecule has 0 spiro atoms. The van der Waals surface area contributed by atoms with Gasteiger partial charge in [0.05, 0.1) is 17.7 Å². The maximum Gasteiger partial charge on any atom is 0.224 e. The molecule has 2 N–H and O–H groups in total. The quantitative estimate of drug-likeness (QED) is 0.870. The van der Waals surface area contributed by atoms with Crippen LogP contribution < -0.4 is 5.73 Å². The Hall–Kier alpha value is -0.940. The van der Waals surface area contributed by atoms with Crippen LogP contribution in [0.15, 0.2) is 5.51 Å². The highest BCUT2D eigenvalue weighted by atomic mass is 32.1. The molecule has 1 rings (SSSR count). The lowest BCUT2D eigenvalue weighted by Crippen LogP contribution is -2.39. The van der Waals surface area contributed by atoms with Crippen LogP contribution in [0.25, 0.3) is 0 Å². The van der Waals surface area contributed by atoms with E-state index in [0.717, 1.165) is 10.6 Å². The summed E-state index contributed by atoms with van der Waals surface area (Å²) in [5.74, 6) is 0.0697. The fourth-order valence-electron chi connectivity index (χ4n) is 1.31. The summed E-state index contributed by atoms with van der Waals surface area (Å²) in [6.45, 7) is 6.29. The molecule has 0 aliphatic rings. The number of amides is 1. The van der Waals surface area contributed by atoms with Gasteiger partial charge in [-0.05, 0) is 20.8 Å². The molecule has 16 heavy (non-hydrogen) atoms. The predicted octanol–water partition coefficient (Wildman–Crippen LogP) is 1.54. The van der Waals surface area contributed by atoms with E-state index in [2.05, 4.69) is 4.98 Å². The first-order valence-corrected chi connectivity index (χ1v) is 6.09. The maximum absolute atomic E-state index is 11.8. The third-order valence-electron chi connectivity index (χ3n) is 2.26. The van der Waals surface area contributed by atoms with Crippen LogP contribution in [0.5, 0.6) is 0 Å². The van der Waals surface area contributed by atoms with Gasteiger partial charge in [0.25, 0.3) is 0 Å². The zero-order chi connectivity index (χ0) is 12.3. The van der Waals surface area contributed by atoms with Crippen LogP contribution in [0.3, 0.4) is 0 Å². The normalized spacial score (nSPS) is 11.6. The van der Waals surface area contributed by atoms with Crippen molar-refractivity contribution in [1.82, 2.24) is 9.88 Å². The number of aromatic nitrogens is 1. The van der Waals surface area contributed by atoms with Gasteiger partial charge in [0.2, 0.25) is 5.91 Å². The van der Waals surface area contributed by atoms with Crippen molar-refractivity contribution < 1.29 is 4.79 Å². The Morgan fingerprint density at radius 2 is 2.25 bits per heavy atom. The van der Waals surface area contributed by atoms with Crippen molar-refractivity contribution in [1.29, 1.82) is 0 Å². The molecule has 1 heterocycles. The van der Waals surface area contributed by atoms with E-state index >= 15 is 0 Å². The monoisotopic (exact) mass is 241 g/mol. The van der Waals surface area contributed by atoms with Gasteiger partial charge in [-0.3, -0.25) is 4.79 Å². The standard InChI is InChI=1S/C11H19N3OS/c1-8-9(16-7-13-8)6-14(4)10(15)5-11(2,3)12/h7H,5-6,12H2,1-4H3. The van der Waals surface area contributed by atoms with Crippen LogP contribution in [0.4, 0.5) is 0 Å². The minimum atomic E-state index is -0.450. The van der Waals surface area contributed by atoms with Crippen molar-refractivity contribution in [2.24, 2.45) is 5.73 Å². The minimum absolute atomic E-state index is 0.0697. The Balaban J connectivity index is 2.56. The number of aryl methyl sites for hydroxylation is 1. The minimum Gasteiger partial charge on any atom is -0.340 e. The lowest BCUT2D eigenvalue weighted by molar-refractivity contribution is -0.131. The Bertz CT molecular complexity index is 368. The molecule has 0 aliphatic heterocycles. The molecule has 0 radical (unpaired) electrons. The van der Waals surface area contributed by atoms with Gasteiger partial charge < -0.3 is 10.6 Å². The molecule has 4 nitrogen and oxygen atoms in total. The molecule has 0 saturated carbocycles. The fourth-order valence-corrected chi connectivity index (χ4v) is 2.14. The van der Waals surface area contributed by atoms with Crippen molar-refractivity contribution >= 4 is 17.2 Å². The number of hydrogen-bond acceptors (Lipinski definition) is 4. The summed E-state index contributed by atoms with van der Waals surface area (Å²) in [4.78, 5) is 18.8. The first-order valence-electron chi connectivity index (χ1n) is 5.21. The van der Waals surface area contributed by atoms with Crippen LogP contribution >= 0.6 is 11.3 Å². The van der Waals surface area contributed by atoms with E-state index in [1.54, 1.807) is 28.8 Å². The number of nitrogens with two attached hydrogens (primary N) is 1.